The Labute approximate surface area is 159 Å². The second-order valence-corrected chi connectivity index (χ2v) is 7.14. The number of rotatable bonds is 9. The van der Waals surface area contributed by atoms with E-state index in [1.54, 1.807) is 45.0 Å². The molecule has 150 valence electrons. The molecule has 0 saturated heterocycles. The Morgan fingerprint density at radius 2 is 1.74 bits per heavy atom. The van der Waals surface area contributed by atoms with Crippen molar-refractivity contribution in [2.75, 3.05) is 6.54 Å². The standard InChI is InChI=1S/C19H28N2O6/c1-18(2,3)27-16(24)19(15(22)23,11-7-8-12-20)21-17(25)26-13-14-9-5-4-6-10-14/h4-6,9-10H,7-8,11-13,20H2,1-3H3,(H,21,25)(H,22,23). The van der Waals surface area contributed by atoms with Gasteiger partial charge >= 0.3 is 18.0 Å². The Bertz CT molecular complexity index is 641. The first-order chi connectivity index (χ1) is 12.6. The number of benzene rings is 1. The summed E-state index contributed by atoms with van der Waals surface area (Å²) in [4.78, 5) is 36.8. The van der Waals surface area contributed by atoms with Gasteiger partial charge in [0.15, 0.2) is 0 Å². The van der Waals surface area contributed by atoms with E-state index in [1.807, 2.05) is 6.07 Å². The zero-order chi connectivity index (χ0) is 20.5. The van der Waals surface area contributed by atoms with Crippen LogP contribution in [0.5, 0.6) is 0 Å². The lowest BCUT2D eigenvalue weighted by atomic mass is 9.92. The van der Waals surface area contributed by atoms with Gasteiger partial charge in [-0.3, -0.25) is 5.32 Å². The van der Waals surface area contributed by atoms with Gasteiger partial charge in [0.1, 0.15) is 12.2 Å². The first kappa shape index (κ1) is 22.4. The van der Waals surface area contributed by atoms with E-state index in [4.69, 9.17) is 15.2 Å². The van der Waals surface area contributed by atoms with E-state index >= 15 is 0 Å². The first-order valence-corrected chi connectivity index (χ1v) is 8.76. The molecule has 8 heteroatoms. The fourth-order valence-electron chi connectivity index (χ4n) is 2.30. The van der Waals surface area contributed by atoms with Crippen molar-refractivity contribution in [2.24, 2.45) is 5.73 Å². The van der Waals surface area contributed by atoms with Gasteiger partial charge in [-0.05, 0) is 52.1 Å². The number of nitrogens with two attached hydrogens (primary N) is 1. The molecule has 0 radical (unpaired) electrons. The number of aliphatic carboxylic acids is 1. The molecule has 27 heavy (non-hydrogen) atoms. The monoisotopic (exact) mass is 380 g/mol. The van der Waals surface area contributed by atoms with Crippen LogP contribution in [0, 0.1) is 0 Å². The van der Waals surface area contributed by atoms with Crippen LogP contribution in [-0.4, -0.2) is 40.8 Å². The Hall–Kier alpha value is -2.61. The molecule has 0 aromatic heterocycles. The highest BCUT2D eigenvalue weighted by molar-refractivity contribution is 6.06. The summed E-state index contributed by atoms with van der Waals surface area (Å²) in [6, 6.07) is 8.90. The lowest BCUT2D eigenvalue weighted by molar-refractivity contribution is -0.171. The molecule has 0 aliphatic carbocycles. The average molecular weight is 380 g/mol. The zero-order valence-corrected chi connectivity index (χ0v) is 16.0. The summed E-state index contributed by atoms with van der Waals surface area (Å²) < 4.78 is 10.3. The third-order valence-electron chi connectivity index (χ3n) is 3.65. The lowest BCUT2D eigenvalue weighted by Crippen LogP contribution is -2.61. The second-order valence-electron chi connectivity index (χ2n) is 7.14. The molecular weight excluding hydrogens is 352 g/mol. The minimum Gasteiger partial charge on any atom is -0.479 e. The molecule has 0 saturated carbocycles. The van der Waals surface area contributed by atoms with Crippen LogP contribution in [0.25, 0.3) is 0 Å². The molecule has 1 rings (SSSR count). The Balaban J connectivity index is 2.94. The molecule has 4 N–H and O–H groups in total. The summed E-state index contributed by atoms with van der Waals surface area (Å²) in [6.45, 7) is 5.13. The van der Waals surface area contributed by atoms with Crippen molar-refractivity contribution in [3.8, 4) is 0 Å². The highest BCUT2D eigenvalue weighted by Gasteiger charge is 2.50. The number of esters is 1. The van der Waals surface area contributed by atoms with Gasteiger partial charge in [0.2, 0.25) is 5.54 Å². The predicted octanol–water partition coefficient (Wildman–Crippen LogP) is 2.21. The van der Waals surface area contributed by atoms with Crippen LogP contribution in [0.2, 0.25) is 0 Å². The largest absolute Gasteiger partial charge is 0.479 e. The summed E-state index contributed by atoms with van der Waals surface area (Å²) in [6.07, 6.45) is -0.353. The van der Waals surface area contributed by atoms with Gasteiger partial charge in [0.25, 0.3) is 0 Å². The number of nitrogens with one attached hydrogen (secondary N) is 1. The molecular formula is C19H28N2O6. The van der Waals surface area contributed by atoms with E-state index < -0.39 is 29.2 Å². The van der Waals surface area contributed by atoms with Crippen molar-refractivity contribution in [1.82, 2.24) is 5.32 Å². The van der Waals surface area contributed by atoms with Crippen LogP contribution in [0.4, 0.5) is 4.79 Å². The smallest absolute Gasteiger partial charge is 0.408 e. The second kappa shape index (κ2) is 9.91. The van der Waals surface area contributed by atoms with Crippen LogP contribution in [0.15, 0.2) is 30.3 Å². The van der Waals surface area contributed by atoms with Crippen molar-refractivity contribution in [2.45, 2.75) is 57.8 Å². The highest BCUT2D eigenvalue weighted by Crippen LogP contribution is 2.21. The Morgan fingerprint density at radius 1 is 1.11 bits per heavy atom. The molecule has 0 heterocycles. The summed E-state index contributed by atoms with van der Waals surface area (Å²) in [5, 5.41) is 11.9. The number of carboxylic acid groups (broad SMARTS) is 1. The molecule has 8 nitrogen and oxygen atoms in total. The molecule has 0 fully saturated rings. The number of carbonyl (C=O) groups excluding carboxylic acids is 2. The van der Waals surface area contributed by atoms with E-state index in [9.17, 15) is 19.5 Å². The van der Waals surface area contributed by atoms with E-state index in [0.29, 0.717) is 19.4 Å². The molecule has 1 unspecified atom stereocenters. The van der Waals surface area contributed by atoms with Crippen molar-refractivity contribution < 1.29 is 29.0 Å². The summed E-state index contributed by atoms with van der Waals surface area (Å²) >= 11 is 0. The van der Waals surface area contributed by atoms with E-state index in [2.05, 4.69) is 5.32 Å². The average Bonchev–Trinajstić information content (AvgIpc) is 2.58. The highest BCUT2D eigenvalue weighted by atomic mass is 16.6. The number of carboxylic acids is 1. The van der Waals surface area contributed by atoms with Crippen LogP contribution in [0.3, 0.4) is 0 Å². The molecule has 1 atom stereocenters. The molecule has 0 bridgehead atoms. The zero-order valence-electron chi connectivity index (χ0n) is 16.0. The molecule has 1 aromatic carbocycles. The first-order valence-electron chi connectivity index (χ1n) is 8.76. The quantitative estimate of drug-likeness (QED) is 0.340. The van der Waals surface area contributed by atoms with Crippen molar-refractivity contribution in [3.63, 3.8) is 0 Å². The van der Waals surface area contributed by atoms with E-state index in [1.165, 1.54) is 0 Å². The molecule has 0 spiro atoms. The summed E-state index contributed by atoms with van der Waals surface area (Å²) in [5.41, 5.74) is 3.02. The lowest BCUT2D eigenvalue weighted by Gasteiger charge is -2.31. The Kier molecular flexibility index (Phi) is 8.24. The van der Waals surface area contributed by atoms with Gasteiger partial charge in [0, 0.05) is 0 Å². The van der Waals surface area contributed by atoms with Gasteiger partial charge in [0.05, 0.1) is 0 Å². The normalized spacial score (nSPS) is 13.3. The number of unbranched alkanes of at least 4 members (excludes halogenated alkanes) is 1. The fourth-order valence-corrected chi connectivity index (χ4v) is 2.30. The minimum absolute atomic E-state index is 0.0561. The van der Waals surface area contributed by atoms with Crippen LogP contribution in [0.1, 0.15) is 45.6 Å². The molecule has 1 aromatic rings. The number of amides is 1. The molecule has 0 aliphatic rings. The van der Waals surface area contributed by atoms with Gasteiger partial charge in [-0.25, -0.2) is 14.4 Å². The maximum atomic E-state index is 12.6. The number of hydrogen-bond donors (Lipinski definition) is 3. The molecule has 0 aliphatic heterocycles. The maximum absolute atomic E-state index is 12.6. The van der Waals surface area contributed by atoms with Crippen molar-refractivity contribution in [3.05, 3.63) is 35.9 Å². The van der Waals surface area contributed by atoms with E-state index in [0.717, 1.165) is 5.56 Å². The number of hydrogen-bond acceptors (Lipinski definition) is 6. The van der Waals surface area contributed by atoms with Gasteiger partial charge in [-0.1, -0.05) is 30.3 Å². The predicted molar refractivity (Wildman–Crippen MR) is 98.9 cm³/mol. The fraction of sp³-hybridized carbons (Fsp3) is 0.526. The molecule has 1 amide bonds. The Morgan fingerprint density at radius 3 is 2.26 bits per heavy atom. The number of ether oxygens (including phenoxy) is 2. The van der Waals surface area contributed by atoms with Gasteiger partial charge in [-0.2, -0.15) is 0 Å². The van der Waals surface area contributed by atoms with Crippen LogP contribution in [-0.2, 0) is 25.7 Å². The van der Waals surface area contributed by atoms with Gasteiger partial charge in [-0.15, -0.1) is 0 Å². The number of alkyl carbamates (subject to hydrolysis) is 1. The number of carbonyl (C=O) groups is 3. The maximum Gasteiger partial charge on any atom is 0.408 e. The van der Waals surface area contributed by atoms with Crippen molar-refractivity contribution in [1.29, 1.82) is 0 Å². The summed E-state index contributed by atoms with van der Waals surface area (Å²) in [7, 11) is 0. The topological polar surface area (TPSA) is 128 Å². The van der Waals surface area contributed by atoms with Gasteiger partial charge < -0.3 is 20.3 Å². The van der Waals surface area contributed by atoms with E-state index in [-0.39, 0.29) is 13.0 Å². The van der Waals surface area contributed by atoms with Crippen LogP contribution < -0.4 is 11.1 Å². The third-order valence-corrected chi connectivity index (χ3v) is 3.65. The SMILES string of the molecule is CC(C)(C)OC(=O)C(CCCCN)(NC(=O)OCc1ccccc1)C(=O)O. The third kappa shape index (κ3) is 7.26. The van der Waals surface area contributed by atoms with Crippen molar-refractivity contribution >= 4 is 18.0 Å². The van der Waals surface area contributed by atoms with Crippen LogP contribution >= 0.6 is 0 Å². The minimum atomic E-state index is -2.24. The summed E-state index contributed by atoms with van der Waals surface area (Å²) in [5.74, 6) is -2.55.